The lowest BCUT2D eigenvalue weighted by atomic mass is 10.2. The fourth-order valence-electron chi connectivity index (χ4n) is 4.24. The van der Waals surface area contributed by atoms with Crippen molar-refractivity contribution in [3.8, 4) is 0 Å². The summed E-state index contributed by atoms with van der Waals surface area (Å²) in [5.41, 5.74) is 0. The van der Waals surface area contributed by atoms with E-state index in [0.29, 0.717) is 0 Å². The van der Waals surface area contributed by atoms with Crippen molar-refractivity contribution in [3.05, 3.63) is 24.2 Å². The third-order valence-corrected chi connectivity index (χ3v) is 5.84. The van der Waals surface area contributed by atoms with Gasteiger partial charge in [0.1, 0.15) is 5.76 Å². The van der Waals surface area contributed by atoms with Gasteiger partial charge in [-0.3, -0.25) is 9.89 Å². The maximum atomic E-state index is 5.69. The molecule has 2 aliphatic rings. The zero-order valence-electron chi connectivity index (χ0n) is 16.8. The molecule has 0 aromatic carbocycles. The fourth-order valence-corrected chi connectivity index (χ4v) is 4.24. The second kappa shape index (κ2) is 11.9. The Morgan fingerprint density at radius 2 is 2.00 bits per heavy atom. The molecule has 3 rings (SSSR count). The van der Waals surface area contributed by atoms with Gasteiger partial charge in [0.25, 0.3) is 0 Å². The first kappa shape index (κ1) is 22.5. The Morgan fingerprint density at radius 3 is 2.63 bits per heavy atom. The van der Waals surface area contributed by atoms with Gasteiger partial charge in [0.2, 0.25) is 0 Å². The number of halogens is 1. The first-order valence-corrected chi connectivity index (χ1v) is 10.2. The minimum atomic E-state index is 0. The van der Waals surface area contributed by atoms with Crippen LogP contribution in [0.15, 0.2) is 27.8 Å². The monoisotopic (exact) mass is 489 g/mol. The lowest BCUT2D eigenvalue weighted by Gasteiger charge is -2.27. The van der Waals surface area contributed by atoms with Gasteiger partial charge in [0.15, 0.2) is 5.96 Å². The second-order valence-electron chi connectivity index (χ2n) is 7.57. The summed E-state index contributed by atoms with van der Waals surface area (Å²) < 4.78 is 5.69. The minimum Gasteiger partial charge on any atom is -0.468 e. The Hall–Kier alpha value is -0.800. The van der Waals surface area contributed by atoms with Crippen LogP contribution in [0.4, 0.5) is 0 Å². The number of nitrogens with zero attached hydrogens (tertiary/aromatic N) is 3. The molecule has 1 aromatic rings. The summed E-state index contributed by atoms with van der Waals surface area (Å²) in [7, 11) is 4.09. The van der Waals surface area contributed by atoms with Gasteiger partial charge in [-0.05, 0) is 58.0 Å². The lowest BCUT2D eigenvalue weighted by molar-refractivity contribution is 0.215. The number of hydrogen-bond acceptors (Lipinski definition) is 4. The van der Waals surface area contributed by atoms with E-state index in [-0.39, 0.29) is 30.0 Å². The van der Waals surface area contributed by atoms with Crippen LogP contribution in [-0.2, 0) is 0 Å². The normalized spacial score (nSPS) is 20.0. The zero-order chi connectivity index (χ0) is 18.2. The van der Waals surface area contributed by atoms with Gasteiger partial charge in [-0.25, -0.2) is 0 Å². The highest BCUT2D eigenvalue weighted by molar-refractivity contribution is 14.0. The van der Waals surface area contributed by atoms with Gasteiger partial charge in [-0.2, -0.15) is 0 Å². The summed E-state index contributed by atoms with van der Waals surface area (Å²) >= 11 is 0. The summed E-state index contributed by atoms with van der Waals surface area (Å²) in [5.74, 6) is 1.91. The molecule has 1 aromatic heterocycles. The van der Waals surface area contributed by atoms with Crippen molar-refractivity contribution in [1.29, 1.82) is 0 Å². The van der Waals surface area contributed by atoms with E-state index in [9.17, 15) is 0 Å². The molecule has 1 aliphatic heterocycles. The van der Waals surface area contributed by atoms with Gasteiger partial charge in [-0.1, -0.05) is 12.8 Å². The Morgan fingerprint density at radius 1 is 1.26 bits per heavy atom. The molecule has 2 heterocycles. The van der Waals surface area contributed by atoms with E-state index < -0.39 is 0 Å². The predicted octanol–water partition coefficient (Wildman–Crippen LogP) is 3.07. The molecule has 0 amide bonds. The molecular weight excluding hydrogens is 453 g/mol. The van der Waals surface area contributed by atoms with Crippen molar-refractivity contribution in [3.63, 3.8) is 0 Å². The van der Waals surface area contributed by atoms with E-state index in [4.69, 9.17) is 4.42 Å². The standard InChI is InChI=1S/C20H35N5O.HI/c1-21-20(22-11-14-24(2)17-8-3-4-9-17)23-16-18(19-10-7-15-26-19)25-12-5-6-13-25;/h7,10,15,17-18H,3-6,8-9,11-14,16H2,1-2H3,(H2,21,22,23);1H. The Kier molecular flexibility index (Phi) is 9.92. The SMILES string of the molecule is CN=C(NCCN(C)C1CCCC1)NCC(c1ccco1)N1CCCC1.I. The molecule has 0 bridgehead atoms. The number of nitrogens with one attached hydrogen (secondary N) is 2. The molecule has 1 saturated carbocycles. The van der Waals surface area contributed by atoms with Crippen LogP contribution in [0.25, 0.3) is 0 Å². The molecule has 1 aliphatic carbocycles. The highest BCUT2D eigenvalue weighted by atomic mass is 127. The van der Waals surface area contributed by atoms with Crippen molar-refractivity contribution in [1.82, 2.24) is 20.4 Å². The maximum absolute atomic E-state index is 5.69. The second-order valence-corrected chi connectivity index (χ2v) is 7.57. The van der Waals surface area contributed by atoms with Gasteiger partial charge < -0.3 is 20.0 Å². The van der Waals surface area contributed by atoms with Crippen molar-refractivity contribution in [2.24, 2.45) is 4.99 Å². The Bertz CT molecular complexity index is 539. The number of guanidine groups is 1. The summed E-state index contributed by atoms with van der Waals surface area (Å²) in [5, 5.41) is 6.96. The molecule has 1 saturated heterocycles. The third-order valence-electron chi connectivity index (χ3n) is 5.84. The molecule has 6 nitrogen and oxygen atoms in total. The molecule has 154 valence electrons. The van der Waals surface area contributed by atoms with Crippen LogP contribution >= 0.6 is 24.0 Å². The van der Waals surface area contributed by atoms with Crippen LogP contribution in [0, 0.1) is 0 Å². The molecular formula is C20H36IN5O. The summed E-state index contributed by atoms with van der Waals surface area (Å²) in [6.07, 6.45) is 9.79. The van der Waals surface area contributed by atoms with Gasteiger partial charge in [0, 0.05) is 32.7 Å². The average Bonchev–Trinajstić information content (AvgIpc) is 3.43. The number of hydrogen-bond donors (Lipinski definition) is 2. The molecule has 7 heteroatoms. The number of aliphatic imine (C=N–C) groups is 1. The van der Waals surface area contributed by atoms with E-state index in [1.165, 1.54) is 38.5 Å². The Balaban J connectivity index is 0.00000261. The third kappa shape index (κ3) is 6.64. The quantitative estimate of drug-likeness (QED) is 0.334. The van der Waals surface area contributed by atoms with Crippen molar-refractivity contribution < 1.29 is 4.42 Å². The van der Waals surface area contributed by atoms with Gasteiger partial charge in [-0.15, -0.1) is 24.0 Å². The first-order chi connectivity index (χ1) is 12.8. The van der Waals surface area contributed by atoms with E-state index in [1.807, 2.05) is 13.1 Å². The van der Waals surface area contributed by atoms with Crippen molar-refractivity contribution in [2.45, 2.75) is 50.6 Å². The van der Waals surface area contributed by atoms with E-state index in [1.54, 1.807) is 6.26 Å². The molecule has 2 fully saturated rings. The highest BCUT2D eigenvalue weighted by Crippen LogP contribution is 2.25. The van der Waals surface area contributed by atoms with E-state index >= 15 is 0 Å². The topological polar surface area (TPSA) is 56.0 Å². The summed E-state index contributed by atoms with van der Waals surface area (Å²) in [6, 6.07) is 5.10. The maximum Gasteiger partial charge on any atom is 0.191 e. The van der Waals surface area contributed by atoms with Gasteiger partial charge in [0.05, 0.1) is 12.3 Å². The lowest BCUT2D eigenvalue weighted by Crippen LogP contribution is -2.45. The fraction of sp³-hybridized carbons (Fsp3) is 0.750. The van der Waals surface area contributed by atoms with E-state index in [2.05, 4.69) is 38.5 Å². The zero-order valence-corrected chi connectivity index (χ0v) is 19.2. The molecule has 0 radical (unpaired) electrons. The van der Waals surface area contributed by atoms with Gasteiger partial charge >= 0.3 is 0 Å². The minimum absolute atomic E-state index is 0. The summed E-state index contributed by atoms with van der Waals surface area (Å²) in [6.45, 7) is 5.07. The van der Waals surface area contributed by atoms with Crippen LogP contribution in [0.3, 0.4) is 0 Å². The predicted molar refractivity (Wildman–Crippen MR) is 122 cm³/mol. The number of likely N-dealkylation sites (N-methyl/N-ethyl adjacent to an activating group) is 1. The molecule has 1 unspecified atom stereocenters. The first-order valence-electron chi connectivity index (χ1n) is 10.2. The Labute approximate surface area is 181 Å². The summed E-state index contributed by atoms with van der Waals surface area (Å²) in [4.78, 5) is 9.39. The molecule has 2 N–H and O–H groups in total. The number of furan rings is 1. The van der Waals surface area contributed by atoms with Crippen LogP contribution in [-0.4, -0.2) is 68.6 Å². The van der Waals surface area contributed by atoms with Crippen LogP contribution < -0.4 is 10.6 Å². The molecule has 0 spiro atoms. The van der Waals surface area contributed by atoms with Crippen molar-refractivity contribution >= 4 is 29.9 Å². The van der Waals surface area contributed by atoms with Crippen LogP contribution in [0.5, 0.6) is 0 Å². The van der Waals surface area contributed by atoms with E-state index in [0.717, 1.165) is 50.5 Å². The van der Waals surface area contributed by atoms with Crippen LogP contribution in [0.2, 0.25) is 0 Å². The molecule has 1 atom stereocenters. The highest BCUT2D eigenvalue weighted by Gasteiger charge is 2.25. The smallest absolute Gasteiger partial charge is 0.191 e. The number of likely N-dealkylation sites (tertiary alicyclic amines) is 1. The number of rotatable bonds is 8. The van der Waals surface area contributed by atoms with Crippen molar-refractivity contribution in [2.75, 3.05) is 46.8 Å². The van der Waals surface area contributed by atoms with Crippen LogP contribution in [0.1, 0.15) is 50.3 Å². The molecule has 27 heavy (non-hydrogen) atoms. The average molecular weight is 489 g/mol. The largest absolute Gasteiger partial charge is 0.468 e.